The molecular weight excluding hydrogens is 412 g/mol. The van der Waals surface area contributed by atoms with Crippen LogP contribution in [0.25, 0.3) is 0 Å². The Kier molecular flexibility index (Phi) is 5.96. The zero-order valence-electron chi connectivity index (χ0n) is 10.4. The number of rotatable bonds is 5. The van der Waals surface area contributed by atoms with Crippen molar-refractivity contribution in [2.45, 2.75) is 19.4 Å². The maximum atomic E-state index is 6.26. The van der Waals surface area contributed by atoms with Gasteiger partial charge in [0.15, 0.2) is 0 Å². The zero-order valence-corrected chi connectivity index (χ0v) is 14.9. The molecule has 0 fully saturated rings. The van der Waals surface area contributed by atoms with E-state index in [0.717, 1.165) is 23.6 Å². The largest absolute Gasteiger partial charge is 0.310 e. The van der Waals surface area contributed by atoms with E-state index in [-0.39, 0.29) is 0 Å². The summed E-state index contributed by atoms with van der Waals surface area (Å²) in [7, 11) is 0. The number of nitrogens with one attached hydrogen (secondary N) is 1. The third-order valence-corrected chi connectivity index (χ3v) is 5.27. The molecule has 1 unspecified atom stereocenters. The van der Waals surface area contributed by atoms with Gasteiger partial charge in [0.1, 0.15) is 0 Å². The molecule has 0 aliphatic heterocycles. The monoisotopic (exact) mass is 425 g/mol. The van der Waals surface area contributed by atoms with Gasteiger partial charge in [-0.2, -0.15) is 0 Å². The van der Waals surface area contributed by atoms with Crippen molar-refractivity contribution in [2.24, 2.45) is 0 Å². The van der Waals surface area contributed by atoms with Gasteiger partial charge in [-0.1, -0.05) is 36.2 Å². The first kappa shape index (κ1) is 15.6. The summed E-state index contributed by atoms with van der Waals surface area (Å²) in [5.74, 6) is 0. The molecule has 0 radical (unpaired) electrons. The van der Waals surface area contributed by atoms with Crippen LogP contribution in [0.2, 0.25) is 10.0 Å². The first-order valence-electron chi connectivity index (χ1n) is 6.01. The van der Waals surface area contributed by atoms with Crippen molar-refractivity contribution in [1.82, 2.24) is 5.32 Å². The lowest BCUT2D eigenvalue weighted by atomic mass is 10.0. The van der Waals surface area contributed by atoms with E-state index in [1.807, 2.05) is 12.1 Å². The van der Waals surface area contributed by atoms with Gasteiger partial charge in [0.25, 0.3) is 0 Å². The number of likely N-dealkylation sites (N-methyl/N-ethyl adjacent to an activating group) is 1. The smallest absolute Gasteiger partial charge is 0.0656 e. The zero-order chi connectivity index (χ0) is 13.8. The maximum Gasteiger partial charge on any atom is 0.0656 e. The van der Waals surface area contributed by atoms with E-state index in [1.54, 1.807) is 17.4 Å². The van der Waals surface area contributed by atoms with E-state index in [1.165, 1.54) is 8.45 Å². The predicted molar refractivity (Wildman–Crippen MR) is 93.6 cm³/mol. The Bertz CT molecular complexity index is 556. The van der Waals surface area contributed by atoms with Crippen LogP contribution in [0.15, 0.2) is 29.6 Å². The minimum absolute atomic E-state index is 0.295. The summed E-state index contributed by atoms with van der Waals surface area (Å²) in [6, 6.07) is 8.22. The Morgan fingerprint density at radius 2 is 2.11 bits per heavy atom. The van der Waals surface area contributed by atoms with Crippen LogP contribution in [0.4, 0.5) is 0 Å². The van der Waals surface area contributed by atoms with Gasteiger partial charge in [-0.05, 0) is 70.3 Å². The topological polar surface area (TPSA) is 12.0 Å². The lowest BCUT2D eigenvalue weighted by molar-refractivity contribution is 0.551. The molecule has 1 heterocycles. The third-order valence-electron chi connectivity index (χ3n) is 2.88. The molecule has 0 bridgehead atoms. The molecule has 1 aromatic carbocycles. The summed E-state index contributed by atoms with van der Waals surface area (Å²) in [5.41, 5.74) is 2.44. The molecule has 2 aromatic rings. The van der Waals surface area contributed by atoms with Gasteiger partial charge in [-0.25, -0.2) is 0 Å². The lowest BCUT2D eigenvalue weighted by Gasteiger charge is -2.17. The van der Waals surface area contributed by atoms with Crippen molar-refractivity contribution in [3.05, 3.63) is 53.7 Å². The first-order valence-corrected chi connectivity index (χ1v) is 8.72. The summed E-state index contributed by atoms with van der Waals surface area (Å²) in [4.78, 5) is 0. The summed E-state index contributed by atoms with van der Waals surface area (Å²) in [5, 5.41) is 7.14. The van der Waals surface area contributed by atoms with Crippen LogP contribution in [-0.4, -0.2) is 6.54 Å². The molecule has 102 valence electrons. The van der Waals surface area contributed by atoms with E-state index in [2.05, 4.69) is 46.3 Å². The highest BCUT2D eigenvalue weighted by Crippen LogP contribution is 2.28. The van der Waals surface area contributed by atoms with Gasteiger partial charge in [0.05, 0.1) is 2.88 Å². The first-order chi connectivity index (χ1) is 9.10. The third kappa shape index (κ3) is 4.33. The van der Waals surface area contributed by atoms with Crippen LogP contribution in [0.1, 0.15) is 24.1 Å². The van der Waals surface area contributed by atoms with Crippen LogP contribution in [0, 0.1) is 2.88 Å². The Labute approximate surface area is 141 Å². The molecule has 0 amide bonds. The molecule has 5 heteroatoms. The lowest BCUT2D eigenvalue weighted by Crippen LogP contribution is -2.22. The fourth-order valence-corrected chi connectivity index (χ4v) is 3.88. The van der Waals surface area contributed by atoms with Crippen molar-refractivity contribution < 1.29 is 0 Å². The van der Waals surface area contributed by atoms with Crippen molar-refractivity contribution in [2.75, 3.05) is 6.54 Å². The number of hydrogen-bond donors (Lipinski definition) is 1. The van der Waals surface area contributed by atoms with Gasteiger partial charge in [-0.15, -0.1) is 11.3 Å². The average Bonchev–Trinajstić information content (AvgIpc) is 2.78. The van der Waals surface area contributed by atoms with E-state index in [0.29, 0.717) is 11.1 Å². The van der Waals surface area contributed by atoms with Crippen LogP contribution < -0.4 is 5.32 Å². The van der Waals surface area contributed by atoms with Crippen LogP contribution in [0.5, 0.6) is 0 Å². The number of thiophene rings is 1. The second-order valence-electron chi connectivity index (χ2n) is 4.23. The van der Waals surface area contributed by atoms with Gasteiger partial charge >= 0.3 is 0 Å². The standard InChI is InChI=1S/C14H14Cl2INS/c1-2-18-13(10-6-14(17)19-8-10)5-9-3-4-11(15)7-12(9)16/h3-4,6-8,13,18H,2,5H2,1H3. The normalized spacial score (nSPS) is 12.6. The Morgan fingerprint density at radius 1 is 1.32 bits per heavy atom. The molecule has 0 saturated carbocycles. The Morgan fingerprint density at radius 3 is 2.68 bits per heavy atom. The molecule has 19 heavy (non-hydrogen) atoms. The van der Waals surface area contributed by atoms with Crippen molar-refractivity contribution in [1.29, 1.82) is 0 Å². The molecule has 0 aliphatic rings. The average molecular weight is 426 g/mol. The summed E-state index contributed by atoms with van der Waals surface area (Å²) < 4.78 is 1.30. The quantitative estimate of drug-likeness (QED) is 0.619. The molecule has 0 aliphatic carbocycles. The highest BCUT2D eigenvalue weighted by molar-refractivity contribution is 14.1. The van der Waals surface area contributed by atoms with Crippen molar-refractivity contribution in [3.63, 3.8) is 0 Å². The van der Waals surface area contributed by atoms with Gasteiger partial charge in [0, 0.05) is 16.1 Å². The van der Waals surface area contributed by atoms with Crippen molar-refractivity contribution >= 4 is 57.1 Å². The molecule has 1 atom stereocenters. The molecule has 0 spiro atoms. The second-order valence-corrected chi connectivity index (χ2v) is 7.88. The molecule has 1 N–H and O–H groups in total. The number of benzene rings is 1. The van der Waals surface area contributed by atoms with E-state index >= 15 is 0 Å². The molecule has 1 nitrogen and oxygen atoms in total. The van der Waals surface area contributed by atoms with Crippen LogP contribution in [0.3, 0.4) is 0 Å². The SMILES string of the molecule is CCNC(Cc1ccc(Cl)cc1Cl)c1csc(I)c1. The van der Waals surface area contributed by atoms with E-state index in [4.69, 9.17) is 23.2 Å². The maximum absolute atomic E-state index is 6.26. The highest BCUT2D eigenvalue weighted by Gasteiger charge is 2.14. The number of hydrogen-bond acceptors (Lipinski definition) is 2. The molecule has 2 rings (SSSR count). The summed E-state index contributed by atoms with van der Waals surface area (Å²) in [6.07, 6.45) is 0.872. The fourth-order valence-electron chi connectivity index (χ4n) is 1.97. The van der Waals surface area contributed by atoms with Crippen LogP contribution in [-0.2, 0) is 6.42 Å². The van der Waals surface area contributed by atoms with Crippen LogP contribution >= 0.6 is 57.1 Å². The van der Waals surface area contributed by atoms with E-state index in [9.17, 15) is 0 Å². The minimum atomic E-state index is 0.295. The molecule has 1 aromatic heterocycles. The number of halogens is 3. The van der Waals surface area contributed by atoms with Gasteiger partial charge in [0.2, 0.25) is 0 Å². The van der Waals surface area contributed by atoms with Gasteiger partial charge < -0.3 is 5.32 Å². The fraction of sp³-hybridized carbons (Fsp3) is 0.286. The van der Waals surface area contributed by atoms with E-state index < -0.39 is 0 Å². The second kappa shape index (κ2) is 7.27. The molecule has 0 saturated heterocycles. The molecular formula is C14H14Cl2INS. The minimum Gasteiger partial charge on any atom is -0.310 e. The highest BCUT2D eigenvalue weighted by atomic mass is 127. The van der Waals surface area contributed by atoms with Gasteiger partial charge in [-0.3, -0.25) is 0 Å². The summed E-state index contributed by atoms with van der Waals surface area (Å²) >= 11 is 16.3. The Balaban J connectivity index is 2.21. The Hall–Kier alpha value is 0.190. The summed E-state index contributed by atoms with van der Waals surface area (Å²) in [6.45, 7) is 3.05. The predicted octanol–water partition coefficient (Wildman–Crippen LogP) is 5.55. The van der Waals surface area contributed by atoms with Crippen molar-refractivity contribution in [3.8, 4) is 0 Å².